The summed E-state index contributed by atoms with van der Waals surface area (Å²) >= 11 is 0. The molecule has 0 radical (unpaired) electrons. The first-order valence-corrected chi connectivity index (χ1v) is 6.65. The summed E-state index contributed by atoms with van der Waals surface area (Å²) in [5.41, 5.74) is 0. The van der Waals surface area contributed by atoms with E-state index in [0.29, 0.717) is 13.0 Å². The second kappa shape index (κ2) is 7.52. The Balaban J connectivity index is 2.42. The summed E-state index contributed by atoms with van der Waals surface area (Å²) in [7, 11) is 0. The van der Waals surface area contributed by atoms with E-state index in [9.17, 15) is 9.59 Å². The van der Waals surface area contributed by atoms with Crippen molar-refractivity contribution in [2.24, 2.45) is 5.92 Å². The molecule has 0 aliphatic rings. The third-order valence-electron chi connectivity index (χ3n) is 2.71. The molecule has 0 aliphatic carbocycles. The largest absolute Gasteiger partial charge is 0.480 e. The number of carbonyl (C=O) groups excluding carboxylic acids is 1. The minimum atomic E-state index is -1.02. The van der Waals surface area contributed by atoms with Gasteiger partial charge in [0.15, 0.2) is 0 Å². The molecule has 0 bridgehead atoms. The molecule has 3 N–H and O–H groups in total. The zero-order valence-electron chi connectivity index (χ0n) is 12.0. The van der Waals surface area contributed by atoms with Crippen LogP contribution in [-0.2, 0) is 11.3 Å². The Kier molecular flexibility index (Phi) is 6.02. The number of carboxylic acids is 1. The van der Waals surface area contributed by atoms with E-state index < -0.39 is 18.0 Å². The van der Waals surface area contributed by atoms with Crippen molar-refractivity contribution in [3.05, 3.63) is 18.5 Å². The van der Waals surface area contributed by atoms with Crippen LogP contribution >= 0.6 is 0 Å². The molecule has 0 aliphatic heterocycles. The third-order valence-corrected chi connectivity index (χ3v) is 2.71. The first-order valence-electron chi connectivity index (χ1n) is 6.65. The minimum absolute atomic E-state index is 0.150. The predicted molar refractivity (Wildman–Crippen MR) is 74.2 cm³/mol. The van der Waals surface area contributed by atoms with Gasteiger partial charge in [0.25, 0.3) is 0 Å². The standard InChI is InChI=1S/C13H22N4O3/c1-9(2)7-11(12(18)19)16-13(20)15-10(3)8-17-6-4-5-14-17/h4-6,9-11H,7-8H2,1-3H3,(H,18,19)(H2,15,16,20)/t10?,11-/m0/s1. The zero-order valence-corrected chi connectivity index (χ0v) is 12.0. The van der Waals surface area contributed by atoms with Crippen LogP contribution in [0.4, 0.5) is 4.79 Å². The van der Waals surface area contributed by atoms with Gasteiger partial charge >= 0.3 is 12.0 Å². The molecule has 20 heavy (non-hydrogen) atoms. The van der Waals surface area contributed by atoms with E-state index in [4.69, 9.17) is 5.11 Å². The van der Waals surface area contributed by atoms with Crippen molar-refractivity contribution in [2.75, 3.05) is 0 Å². The Labute approximate surface area is 118 Å². The number of aliphatic carboxylic acids is 1. The van der Waals surface area contributed by atoms with Crippen LogP contribution in [0.2, 0.25) is 0 Å². The number of carboxylic acid groups (broad SMARTS) is 1. The summed E-state index contributed by atoms with van der Waals surface area (Å²) in [5.74, 6) is -0.827. The minimum Gasteiger partial charge on any atom is -0.480 e. The number of hydrogen-bond acceptors (Lipinski definition) is 3. The van der Waals surface area contributed by atoms with Crippen molar-refractivity contribution >= 4 is 12.0 Å². The average Bonchev–Trinajstić information content (AvgIpc) is 2.79. The molecule has 1 rings (SSSR count). The van der Waals surface area contributed by atoms with Crippen LogP contribution in [0.1, 0.15) is 27.2 Å². The van der Waals surface area contributed by atoms with Crippen molar-refractivity contribution in [2.45, 2.75) is 45.8 Å². The van der Waals surface area contributed by atoms with E-state index in [1.807, 2.05) is 20.8 Å². The number of amides is 2. The van der Waals surface area contributed by atoms with Crippen LogP contribution in [0.5, 0.6) is 0 Å². The molecule has 0 saturated heterocycles. The van der Waals surface area contributed by atoms with Gasteiger partial charge in [-0.1, -0.05) is 13.8 Å². The number of nitrogens with zero attached hydrogens (tertiary/aromatic N) is 2. The Bertz CT molecular complexity index is 431. The second-order valence-electron chi connectivity index (χ2n) is 5.27. The van der Waals surface area contributed by atoms with Crippen molar-refractivity contribution in [3.63, 3.8) is 0 Å². The monoisotopic (exact) mass is 282 g/mol. The lowest BCUT2D eigenvalue weighted by Crippen LogP contribution is -2.49. The summed E-state index contributed by atoms with van der Waals surface area (Å²) in [5, 5.41) is 18.3. The fraction of sp³-hybridized carbons (Fsp3) is 0.615. The van der Waals surface area contributed by atoms with Gasteiger partial charge in [0, 0.05) is 18.4 Å². The van der Waals surface area contributed by atoms with Gasteiger partial charge in [0.05, 0.1) is 6.54 Å². The van der Waals surface area contributed by atoms with Crippen LogP contribution < -0.4 is 10.6 Å². The molecular weight excluding hydrogens is 260 g/mol. The fourth-order valence-electron chi connectivity index (χ4n) is 1.85. The molecular formula is C13H22N4O3. The Morgan fingerprint density at radius 1 is 1.30 bits per heavy atom. The molecule has 1 aromatic rings. The van der Waals surface area contributed by atoms with Gasteiger partial charge in [-0.25, -0.2) is 9.59 Å². The second-order valence-corrected chi connectivity index (χ2v) is 5.27. The SMILES string of the molecule is CC(C)C[C@H](NC(=O)NC(C)Cn1cccn1)C(=O)O. The fourth-order valence-corrected chi connectivity index (χ4v) is 1.85. The maximum Gasteiger partial charge on any atom is 0.326 e. The van der Waals surface area contributed by atoms with Gasteiger partial charge < -0.3 is 15.7 Å². The quantitative estimate of drug-likeness (QED) is 0.697. The van der Waals surface area contributed by atoms with E-state index in [1.54, 1.807) is 23.1 Å². The first kappa shape index (κ1) is 16.0. The number of carbonyl (C=O) groups is 2. The molecule has 1 heterocycles. The highest BCUT2D eigenvalue weighted by Gasteiger charge is 2.21. The smallest absolute Gasteiger partial charge is 0.326 e. The molecule has 0 saturated carbocycles. The predicted octanol–water partition coefficient (Wildman–Crippen LogP) is 1.07. The summed E-state index contributed by atoms with van der Waals surface area (Å²) in [6.45, 7) is 6.19. The van der Waals surface area contributed by atoms with E-state index in [2.05, 4.69) is 15.7 Å². The van der Waals surface area contributed by atoms with Gasteiger partial charge in [-0.2, -0.15) is 5.10 Å². The van der Waals surface area contributed by atoms with Crippen molar-refractivity contribution in [3.8, 4) is 0 Å². The topological polar surface area (TPSA) is 96.3 Å². The summed E-state index contributed by atoms with van der Waals surface area (Å²) < 4.78 is 1.70. The lowest BCUT2D eigenvalue weighted by Gasteiger charge is -2.19. The lowest BCUT2D eigenvalue weighted by atomic mass is 10.0. The number of rotatable bonds is 7. The maximum atomic E-state index is 11.8. The highest BCUT2D eigenvalue weighted by molar-refractivity contribution is 5.82. The highest BCUT2D eigenvalue weighted by Crippen LogP contribution is 2.04. The molecule has 2 atom stereocenters. The highest BCUT2D eigenvalue weighted by atomic mass is 16.4. The summed E-state index contributed by atoms with van der Waals surface area (Å²) in [6.07, 6.45) is 3.86. The third kappa shape index (κ3) is 5.73. The summed E-state index contributed by atoms with van der Waals surface area (Å²) in [6, 6.07) is 0.309. The number of hydrogen-bond donors (Lipinski definition) is 3. The number of urea groups is 1. The number of nitrogens with one attached hydrogen (secondary N) is 2. The first-order chi connectivity index (χ1) is 9.38. The van der Waals surface area contributed by atoms with Crippen molar-refractivity contribution < 1.29 is 14.7 Å². The van der Waals surface area contributed by atoms with E-state index in [1.165, 1.54) is 0 Å². The van der Waals surface area contributed by atoms with E-state index in [0.717, 1.165) is 0 Å². The van der Waals surface area contributed by atoms with Crippen molar-refractivity contribution in [1.82, 2.24) is 20.4 Å². The van der Waals surface area contributed by atoms with Crippen molar-refractivity contribution in [1.29, 1.82) is 0 Å². The van der Waals surface area contributed by atoms with Gasteiger partial charge in [-0.3, -0.25) is 4.68 Å². The van der Waals surface area contributed by atoms with Gasteiger partial charge in [-0.05, 0) is 25.3 Å². The van der Waals surface area contributed by atoms with Crippen LogP contribution in [0.15, 0.2) is 18.5 Å². The molecule has 0 fully saturated rings. The summed E-state index contributed by atoms with van der Waals surface area (Å²) in [4.78, 5) is 22.8. The molecule has 2 amide bonds. The van der Waals surface area contributed by atoms with Gasteiger partial charge in [0.1, 0.15) is 6.04 Å². The maximum absolute atomic E-state index is 11.8. The molecule has 0 aromatic carbocycles. The van der Waals surface area contributed by atoms with Gasteiger partial charge in [0.2, 0.25) is 0 Å². The molecule has 112 valence electrons. The van der Waals surface area contributed by atoms with E-state index >= 15 is 0 Å². The lowest BCUT2D eigenvalue weighted by molar-refractivity contribution is -0.139. The normalized spacial score (nSPS) is 13.8. The zero-order chi connectivity index (χ0) is 15.1. The van der Waals surface area contributed by atoms with Gasteiger partial charge in [-0.15, -0.1) is 0 Å². The van der Waals surface area contributed by atoms with Crippen LogP contribution in [0.3, 0.4) is 0 Å². The number of aromatic nitrogens is 2. The Hall–Kier alpha value is -2.05. The molecule has 7 nitrogen and oxygen atoms in total. The average molecular weight is 282 g/mol. The molecule has 0 spiro atoms. The Morgan fingerprint density at radius 3 is 2.50 bits per heavy atom. The molecule has 1 aromatic heterocycles. The molecule has 7 heteroatoms. The Morgan fingerprint density at radius 2 is 2.00 bits per heavy atom. The van der Waals surface area contributed by atoms with E-state index in [-0.39, 0.29) is 12.0 Å². The van der Waals surface area contributed by atoms with Crippen LogP contribution in [0, 0.1) is 5.92 Å². The molecule has 1 unspecified atom stereocenters. The van der Waals surface area contributed by atoms with Crippen LogP contribution in [-0.4, -0.2) is 39.0 Å². The van der Waals surface area contributed by atoms with Crippen LogP contribution in [0.25, 0.3) is 0 Å².